The number of hydrogen-bond donors (Lipinski definition) is 1. The van der Waals surface area contributed by atoms with Crippen molar-refractivity contribution in [1.29, 1.82) is 0 Å². The lowest BCUT2D eigenvalue weighted by molar-refractivity contribution is 0.0640. The summed E-state index contributed by atoms with van der Waals surface area (Å²) >= 11 is 0. The highest BCUT2D eigenvalue weighted by molar-refractivity contribution is 4.87. The van der Waals surface area contributed by atoms with E-state index < -0.39 is 0 Å². The fourth-order valence-corrected chi connectivity index (χ4v) is 3.58. The van der Waals surface area contributed by atoms with Gasteiger partial charge >= 0.3 is 0 Å². The molecule has 100 valence electrons. The smallest absolute Gasteiger partial charge is 0.0136 e. The Labute approximate surface area is 107 Å². The Hall–Kier alpha value is -0.0800. The molecule has 17 heavy (non-hydrogen) atoms. The summed E-state index contributed by atoms with van der Waals surface area (Å²) in [4.78, 5) is 2.76. The third kappa shape index (κ3) is 3.45. The van der Waals surface area contributed by atoms with Gasteiger partial charge in [0, 0.05) is 6.04 Å². The monoisotopic (exact) mass is 238 g/mol. The van der Waals surface area contributed by atoms with E-state index in [1.54, 1.807) is 0 Å². The number of nitrogens with zero attached hydrogens (tertiary/aromatic N) is 1. The Kier molecular flexibility index (Phi) is 4.48. The number of rotatable bonds is 2. The van der Waals surface area contributed by atoms with Crippen LogP contribution >= 0.6 is 0 Å². The summed E-state index contributed by atoms with van der Waals surface area (Å²) < 4.78 is 0. The third-order valence-corrected chi connectivity index (χ3v) is 5.04. The lowest BCUT2D eigenvalue weighted by Crippen LogP contribution is -2.48. The van der Waals surface area contributed by atoms with Crippen LogP contribution in [-0.4, -0.2) is 30.6 Å². The zero-order valence-corrected chi connectivity index (χ0v) is 11.8. The molecule has 1 saturated heterocycles. The summed E-state index contributed by atoms with van der Waals surface area (Å²) in [7, 11) is 0. The summed E-state index contributed by atoms with van der Waals surface area (Å²) in [6, 6.07) is 0.790. The Morgan fingerprint density at radius 2 is 1.71 bits per heavy atom. The van der Waals surface area contributed by atoms with Crippen LogP contribution in [0, 0.1) is 11.3 Å². The second-order valence-corrected chi connectivity index (χ2v) is 6.90. The lowest BCUT2D eigenvalue weighted by Gasteiger charge is -2.43. The standard InChI is InChI=1S/C15H30N2/c1-15(2)8-10-17(11-9-15)14-7-5-3-4-6-13(14)12-16/h13-14H,3-12,16H2,1-2H3. The molecule has 1 aliphatic heterocycles. The van der Waals surface area contributed by atoms with E-state index in [0.717, 1.165) is 18.5 Å². The minimum atomic E-state index is 0.569. The molecule has 0 radical (unpaired) electrons. The largest absolute Gasteiger partial charge is 0.330 e. The first kappa shape index (κ1) is 13.4. The van der Waals surface area contributed by atoms with E-state index in [1.807, 2.05) is 0 Å². The lowest BCUT2D eigenvalue weighted by atomic mass is 9.81. The van der Waals surface area contributed by atoms with Crippen molar-refractivity contribution in [3.63, 3.8) is 0 Å². The van der Waals surface area contributed by atoms with Crippen molar-refractivity contribution in [3.8, 4) is 0 Å². The minimum Gasteiger partial charge on any atom is -0.330 e. The quantitative estimate of drug-likeness (QED) is 0.749. The van der Waals surface area contributed by atoms with Gasteiger partial charge in [-0.25, -0.2) is 0 Å². The van der Waals surface area contributed by atoms with Crippen LogP contribution in [0.2, 0.25) is 0 Å². The molecule has 2 N–H and O–H groups in total. The SMILES string of the molecule is CC1(C)CCN(C2CCCCCC2CN)CC1. The predicted molar refractivity (Wildman–Crippen MR) is 74.0 cm³/mol. The fraction of sp³-hybridized carbons (Fsp3) is 1.00. The second-order valence-electron chi connectivity index (χ2n) is 6.90. The van der Waals surface area contributed by atoms with Crippen LogP contribution in [0.1, 0.15) is 58.8 Å². The highest BCUT2D eigenvalue weighted by Crippen LogP contribution is 2.34. The highest BCUT2D eigenvalue weighted by atomic mass is 15.2. The van der Waals surface area contributed by atoms with Crippen molar-refractivity contribution in [3.05, 3.63) is 0 Å². The van der Waals surface area contributed by atoms with Crippen molar-refractivity contribution < 1.29 is 0 Å². The van der Waals surface area contributed by atoms with E-state index in [2.05, 4.69) is 18.7 Å². The molecule has 0 bridgehead atoms. The van der Waals surface area contributed by atoms with Crippen molar-refractivity contribution in [2.75, 3.05) is 19.6 Å². The molecule has 2 unspecified atom stereocenters. The zero-order valence-electron chi connectivity index (χ0n) is 11.8. The molecule has 1 aliphatic carbocycles. The average Bonchev–Trinajstić information content (AvgIpc) is 2.54. The number of likely N-dealkylation sites (tertiary alicyclic amines) is 1. The van der Waals surface area contributed by atoms with Crippen molar-refractivity contribution in [2.45, 2.75) is 64.8 Å². The summed E-state index contributed by atoms with van der Waals surface area (Å²) in [5, 5.41) is 0. The van der Waals surface area contributed by atoms with Crippen LogP contribution < -0.4 is 5.73 Å². The van der Waals surface area contributed by atoms with Gasteiger partial charge in [-0.05, 0) is 56.7 Å². The van der Waals surface area contributed by atoms with E-state index in [-0.39, 0.29) is 0 Å². The molecular weight excluding hydrogens is 208 g/mol. The van der Waals surface area contributed by atoms with E-state index >= 15 is 0 Å². The van der Waals surface area contributed by atoms with Crippen LogP contribution in [0.3, 0.4) is 0 Å². The number of piperidine rings is 1. The summed E-state index contributed by atoms with van der Waals surface area (Å²) in [6.07, 6.45) is 9.72. The molecule has 0 spiro atoms. The number of nitrogens with two attached hydrogens (primary N) is 1. The minimum absolute atomic E-state index is 0.569. The van der Waals surface area contributed by atoms with Crippen molar-refractivity contribution >= 4 is 0 Å². The molecule has 2 heteroatoms. The number of hydrogen-bond acceptors (Lipinski definition) is 2. The molecule has 2 atom stereocenters. The van der Waals surface area contributed by atoms with Gasteiger partial charge in [-0.15, -0.1) is 0 Å². The maximum absolute atomic E-state index is 6.00. The Morgan fingerprint density at radius 1 is 1.06 bits per heavy atom. The maximum atomic E-state index is 6.00. The first-order chi connectivity index (χ1) is 8.12. The Morgan fingerprint density at radius 3 is 2.35 bits per heavy atom. The van der Waals surface area contributed by atoms with Gasteiger partial charge in [-0.2, -0.15) is 0 Å². The first-order valence-corrected chi connectivity index (χ1v) is 7.56. The van der Waals surface area contributed by atoms with E-state index in [1.165, 1.54) is 58.0 Å². The maximum Gasteiger partial charge on any atom is 0.0136 e. The van der Waals surface area contributed by atoms with Crippen LogP contribution in [-0.2, 0) is 0 Å². The molecule has 0 aromatic heterocycles. The topological polar surface area (TPSA) is 29.3 Å². The molecule has 2 fully saturated rings. The van der Waals surface area contributed by atoms with Gasteiger partial charge < -0.3 is 10.6 Å². The highest BCUT2D eigenvalue weighted by Gasteiger charge is 2.33. The fourth-order valence-electron chi connectivity index (χ4n) is 3.58. The molecule has 2 rings (SSSR count). The molecule has 0 amide bonds. The molecule has 2 aliphatic rings. The van der Waals surface area contributed by atoms with Crippen molar-refractivity contribution in [1.82, 2.24) is 4.90 Å². The molecule has 2 nitrogen and oxygen atoms in total. The average molecular weight is 238 g/mol. The second kappa shape index (κ2) is 5.71. The van der Waals surface area contributed by atoms with Gasteiger partial charge in [-0.3, -0.25) is 0 Å². The van der Waals surface area contributed by atoms with Gasteiger partial charge in [0.05, 0.1) is 0 Å². The Balaban J connectivity index is 1.95. The van der Waals surface area contributed by atoms with E-state index in [4.69, 9.17) is 5.73 Å². The van der Waals surface area contributed by atoms with Gasteiger partial charge in [0.25, 0.3) is 0 Å². The summed E-state index contributed by atoms with van der Waals surface area (Å²) in [5.41, 5.74) is 6.57. The molecule has 0 aromatic rings. The van der Waals surface area contributed by atoms with Crippen molar-refractivity contribution in [2.24, 2.45) is 17.1 Å². The van der Waals surface area contributed by atoms with Gasteiger partial charge in [0.2, 0.25) is 0 Å². The van der Waals surface area contributed by atoms with Gasteiger partial charge in [0.15, 0.2) is 0 Å². The molecule has 1 heterocycles. The van der Waals surface area contributed by atoms with Crippen LogP contribution in [0.15, 0.2) is 0 Å². The van der Waals surface area contributed by atoms with Gasteiger partial charge in [0.1, 0.15) is 0 Å². The molecule has 0 aromatic carbocycles. The van der Waals surface area contributed by atoms with Gasteiger partial charge in [-0.1, -0.05) is 33.1 Å². The predicted octanol–water partition coefficient (Wildman–Crippen LogP) is 3.02. The molecule has 1 saturated carbocycles. The summed E-state index contributed by atoms with van der Waals surface area (Å²) in [5.74, 6) is 0.763. The van der Waals surface area contributed by atoms with Crippen LogP contribution in [0.5, 0.6) is 0 Å². The Bertz CT molecular complexity index is 227. The van der Waals surface area contributed by atoms with E-state index in [9.17, 15) is 0 Å². The van der Waals surface area contributed by atoms with Crippen LogP contribution in [0.4, 0.5) is 0 Å². The third-order valence-electron chi connectivity index (χ3n) is 5.04. The summed E-state index contributed by atoms with van der Waals surface area (Å²) in [6.45, 7) is 8.32. The zero-order chi connectivity index (χ0) is 12.3. The first-order valence-electron chi connectivity index (χ1n) is 7.56. The van der Waals surface area contributed by atoms with E-state index in [0.29, 0.717) is 5.41 Å². The normalized spacial score (nSPS) is 35.5. The molecular formula is C15H30N2. The van der Waals surface area contributed by atoms with Crippen LogP contribution in [0.25, 0.3) is 0 Å².